The van der Waals surface area contributed by atoms with Gasteiger partial charge in [-0.1, -0.05) is 23.7 Å². The van der Waals surface area contributed by atoms with Crippen LogP contribution in [-0.4, -0.2) is 29.7 Å². The lowest BCUT2D eigenvalue weighted by Crippen LogP contribution is -2.39. The van der Waals surface area contributed by atoms with E-state index in [1.54, 1.807) is 12.1 Å². The highest BCUT2D eigenvalue weighted by Gasteiger charge is 2.22. The van der Waals surface area contributed by atoms with E-state index in [9.17, 15) is 9.90 Å². The molecule has 1 amide bonds. The first-order chi connectivity index (χ1) is 9.56. The van der Waals surface area contributed by atoms with Gasteiger partial charge in [-0.25, -0.2) is 0 Å². The topological polar surface area (TPSA) is 75.4 Å². The Kier molecular flexibility index (Phi) is 5.40. The zero-order valence-corrected chi connectivity index (χ0v) is 12.1. The maximum atomic E-state index is 11.6. The molecule has 2 rings (SSSR count). The molecule has 1 unspecified atom stereocenters. The second-order valence-electron chi connectivity index (χ2n) is 5.42. The van der Waals surface area contributed by atoms with Gasteiger partial charge >= 0.3 is 0 Å². The highest BCUT2D eigenvalue weighted by Crippen LogP contribution is 2.21. The summed E-state index contributed by atoms with van der Waals surface area (Å²) in [6.07, 6.45) is 3.34. The Morgan fingerprint density at radius 1 is 1.30 bits per heavy atom. The van der Waals surface area contributed by atoms with Crippen LogP contribution in [0, 0.1) is 0 Å². The molecule has 0 spiro atoms. The molecule has 1 aliphatic rings. The predicted octanol–water partition coefficient (Wildman–Crippen LogP) is 1.80. The number of nitrogens with two attached hydrogens (primary N) is 1. The molecule has 0 bridgehead atoms. The van der Waals surface area contributed by atoms with Gasteiger partial charge in [-0.05, 0) is 43.4 Å². The number of aliphatic hydroxyl groups is 1. The molecule has 4 N–H and O–H groups in total. The molecule has 1 aliphatic carbocycles. The monoisotopic (exact) mass is 296 g/mol. The van der Waals surface area contributed by atoms with Crippen LogP contribution in [0.25, 0.3) is 0 Å². The predicted molar refractivity (Wildman–Crippen MR) is 79.7 cm³/mol. The summed E-state index contributed by atoms with van der Waals surface area (Å²) in [5.74, 6) is -0.685. The fraction of sp³-hybridized carbons (Fsp3) is 0.533. The van der Waals surface area contributed by atoms with Gasteiger partial charge in [0.15, 0.2) is 0 Å². The minimum Gasteiger partial charge on any atom is -0.393 e. The summed E-state index contributed by atoms with van der Waals surface area (Å²) in [6.45, 7) is 0.526. The van der Waals surface area contributed by atoms with Crippen LogP contribution >= 0.6 is 11.6 Å². The quantitative estimate of drug-likeness (QED) is 0.775. The van der Waals surface area contributed by atoms with Crippen molar-refractivity contribution < 1.29 is 9.90 Å². The van der Waals surface area contributed by atoms with Gasteiger partial charge in [0.1, 0.15) is 0 Å². The second kappa shape index (κ2) is 7.07. The van der Waals surface area contributed by atoms with Crippen LogP contribution in [0.3, 0.4) is 0 Å². The number of primary amides is 1. The molecular weight excluding hydrogens is 276 g/mol. The molecule has 20 heavy (non-hydrogen) atoms. The third-order valence-electron chi connectivity index (χ3n) is 3.92. The van der Waals surface area contributed by atoms with E-state index in [0.717, 1.165) is 31.2 Å². The van der Waals surface area contributed by atoms with E-state index < -0.39 is 0 Å². The zero-order chi connectivity index (χ0) is 14.5. The summed E-state index contributed by atoms with van der Waals surface area (Å²) >= 11 is 5.85. The van der Waals surface area contributed by atoms with Crippen molar-refractivity contribution in [2.24, 2.45) is 5.73 Å². The van der Waals surface area contributed by atoms with Gasteiger partial charge in [-0.2, -0.15) is 0 Å². The van der Waals surface area contributed by atoms with Gasteiger partial charge in [-0.3, -0.25) is 4.79 Å². The second-order valence-corrected chi connectivity index (χ2v) is 5.86. The lowest BCUT2D eigenvalue weighted by molar-refractivity contribution is -0.119. The smallest absolute Gasteiger partial charge is 0.226 e. The molecule has 1 saturated carbocycles. The van der Waals surface area contributed by atoms with Crippen molar-refractivity contribution in [1.82, 2.24) is 5.32 Å². The van der Waals surface area contributed by atoms with Gasteiger partial charge in [0.05, 0.1) is 12.0 Å². The minimum absolute atomic E-state index is 0.170. The van der Waals surface area contributed by atoms with Crippen LogP contribution in [0.15, 0.2) is 24.3 Å². The van der Waals surface area contributed by atoms with E-state index in [0.29, 0.717) is 17.6 Å². The molecule has 0 aromatic heterocycles. The van der Waals surface area contributed by atoms with E-state index >= 15 is 0 Å². The van der Waals surface area contributed by atoms with Crippen molar-refractivity contribution in [1.29, 1.82) is 0 Å². The summed E-state index contributed by atoms with van der Waals surface area (Å²) in [5.41, 5.74) is 6.37. The number of benzene rings is 1. The maximum Gasteiger partial charge on any atom is 0.226 e. The highest BCUT2D eigenvalue weighted by molar-refractivity contribution is 6.30. The maximum absolute atomic E-state index is 11.6. The molecule has 0 heterocycles. The Morgan fingerprint density at radius 3 is 2.45 bits per heavy atom. The minimum atomic E-state index is -0.348. The van der Waals surface area contributed by atoms with E-state index in [1.807, 2.05) is 12.1 Å². The number of carbonyl (C=O) groups excluding carboxylic acids is 1. The normalized spacial score (nSPS) is 24.3. The number of amides is 1. The van der Waals surface area contributed by atoms with Crippen molar-refractivity contribution >= 4 is 17.5 Å². The molecule has 110 valence electrons. The van der Waals surface area contributed by atoms with Gasteiger partial charge in [0, 0.05) is 17.6 Å². The average molecular weight is 297 g/mol. The van der Waals surface area contributed by atoms with Crippen LogP contribution in [0.4, 0.5) is 0 Å². The largest absolute Gasteiger partial charge is 0.393 e. The number of carbonyl (C=O) groups is 1. The summed E-state index contributed by atoms with van der Waals surface area (Å²) < 4.78 is 0. The Labute approximate surface area is 124 Å². The van der Waals surface area contributed by atoms with E-state index in [-0.39, 0.29) is 17.9 Å². The molecule has 1 aromatic carbocycles. The Bertz CT molecular complexity index is 442. The molecular formula is C15H21ClN2O2. The van der Waals surface area contributed by atoms with Crippen molar-refractivity contribution in [2.75, 3.05) is 6.54 Å². The summed E-state index contributed by atoms with van der Waals surface area (Å²) in [7, 11) is 0. The molecule has 0 radical (unpaired) electrons. The van der Waals surface area contributed by atoms with Crippen molar-refractivity contribution in [2.45, 2.75) is 43.7 Å². The highest BCUT2D eigenvalue weighted by atomic mass is 35.5. The number of halogens is 1. The van der Waals surface area contributed by atoms with Gasteiger partial charge < -0.3 is 16.2 Å². The molecule has 4 nitrogen and oxygen atoms in total. The average Bonchev–Trinajstić information content (AvgIpc) is 2.43. The number of rotatable bonds is 5. The van der Waals surface area contributed by atoms with E-state index in [2.05, 4.69) is 5.32 Å². The number of hydrogen-bond acceptors (Lipinski definition) is 3. The van der Waals surface area contributed by atoms with Crippen molar-refractivity contribution in [3.63, 3.8) is 0 Å². The van der Waals surface area contributed by atoms with Gasteiger partial charge in [-0.15, -0.1) is 0 Å². The molecule has 1 fully saturated rings. The van der Waals surface area contributed by atoms with Crippen molar-refractivity contribution in [3.05, 3.63) is 34.9 Å². The van der Waals surface area contributed by atoms with Crippen LogP contribution in [0.5, 0.6) is 0 Å². The first kappa shape index (κ1) is 15.3. The lowest BCUT2D eigenvalue weighted by atomic mass is 9.92. The Morgan fingerprint density at radius 2 is 1.90 bits per heavy atom. The first-order valence-electron chi connectivity index (χ1n) is 7.02. The molecule has 0 aliphatic heterocycles. The van der Waals surface area contributed by atoms with Crippen molar-refractivity contribution in [3.8, 4) is 0 Å². The van der Waals surface area contributed by atoms with E-state index in [1.165, 1.54) is 0 Å². The lowest BCUT2D eigenvalue weighted by Gasteiger charge is -2.27. The van der Waals surface area contributed by atoms with Gasteiger partial charge in [0.25, 0.3) is 0 Å². The third kappa shape index (κ3) is 4.20. The zero-order valence-electron chi connectivity index (χ0n) is 11.4. The molecule has 5 heteroatoms. The number of nitrogens with one attached hydrogen (secondary N) is 1. The van der Waals surface area contributed by atoms with E-state index in [4.69, 9.17) is 17.3 Å². The van der Waals surface area contributed by atoms with Crippen LogP contribution in [-0.2, 0) is 4.79 Å². The summed E-state index contributed by atoms with van der Waals surface area (Å²) in [6, 6.07) is 7.56. The molecule has 0 saturated heterocycles. The van der Waals surface area contributed by atoms with Crippen LogP contribution in [0.2, 0.25) is 5.02 Å². The Balaban J connectivity index is 1.93. The molecule has 1 aromatic rings. The summed E-state index contributed by atoms with van der Waals surface area (Å²) in [4.78, 5) is 11.6. The molecule has 1 atom stereocenters. The fourth-order valence-electron chi connectivity index (χ4n) is 2.64. The first-order valence-corrected chi connectivity index (χ1v) is 7.40. The van der Waals surface area contributed by atoms with Crippen LogP contribution < -0.4 is 11.1 Å². The number of aliphatic hydroxyl groups excluding tert-OH is 1. The Hall–Kier alpha value is -1.10. The third-order valence-corrected chi connectivity index (χ3v) is 4.18. The standard InChI is InChI=1S/C15H21ClN2O2/c16-11-3-1-10(2-4-11)14(15(17)20)9-18-12-5-7-13(19)8-6-12/h1-4,12-14,18-19H,5-9H2,(H2,17,20)/t12-,13-,14?. The van der Waals surface area contributed by atoms with Crippen LogP contribution in [0.1, 0.15) is 37.2 Å². The fourth-order valence-corrected chi connectivity index (χ4v) is 2.77. The van der Waals surface area contributed by atoms with Gasteiger partial charge in [0.2, 0.25) is 5.91 Å². The number of hydrogen-bond donors (Lipinski definition) is 3. The SMILES string of the molecule is NC(=O)C(CN[C@H]1CC[C@H](O)CC1)c1ccc(Cl)cc1. The summed E-state index contributed by atoms with van der Waals surface area (Å²) in [5, 5.41) is 13.5.